The number of aryl methyl sites for hydroxylation is 1. The number of halogens is 3. The highest BCUT2D eigenvalue weighted by Crippen LogP contribution is 2.52. The fraction of sp³-hybridized carbons (Fsp3) is 0.0435. The third kappa shape index (κ3) is 4.76. The van der Waals surface area contributed by atoms with E-state index >= 15 is 0 Å². The molecule has 0 aliphatic heterocycles. The number of hydrogen-bond donors (Lipinski definition) is 0. The second-order valence-corrected chi connectivity index (χ2v) is 13.2. The molecule has 2 aliphatic rings. The number of alkyl halides is 3. The van der Waals surface area contributed by atoms with Crippen molar-refractivity contribution >= 4 is 33.1 Å². The fourth-order valence-electron chi connectivity index (χ4n) is 7.73. The standard InChI is InChI=1S/C46H21F3N4O/c1-24-4-6-25(7-5-24)27-10-14-30-32-20-42-34(18-38(32)44(36(30)16-27)40(22-50)52-2)35-19-39-33(21-43(35)54-42)31-15-11-28(17-37(31)45(39)41(23-51)53-3)26-8-12-29(13-9-26)46(47,48)49/h4-21H,1H3/b44-40+,45-41-. The van der Waals surface area contributed by atoms with Crippen molar-refractivity contribution in [3.63, 3.8) is 0 Å². The summed E-state index contributed by atoms with van der Waals surface area (Å²) in [5, 5.41) is 21.7. The van der Waals surface area contributed by atoms with E-state index < -0.39 is 11.7 Å². The highest BCUT2D eigenvalue weighted by Gasteiger charge is 2.32. The topological polar surface area (TPSA) is 69.4 Å². The lowest BCUT2D eigenvalue weighted by Crippen LogP contribution is -2.03. The van der Waals surface area contributed by atoms with E-state index in [1.807, 2.05) is 91.9 Å². The van der Waals surface area contributed by atoms with Crippen molar-refractivity contribution in [3.05, 3.63) is 177 Å². The first-order chi connectivity index (χ1) is 26.1. The molecule has 1 aromatic heterocycles. The quantitative estimate of drug-likeness (QED) is 0.133. The Morgan fingerprint density at radius 2 is 0.944 bits per heavy atom. The van der Waals surface area contributed by atoms with E-state index in [-0.39, 0.29) is 11.4 Å². The van der Waals surface area contributed by atoms with E-state index in [0.717, 1.165) is 73.0 Å². The molecular weight excluding hydrogens is 682 g/mol. The third-order valence-electron chi connectivity index (χ3n) is 10.3. The summed E-state index contributed by atoms with van der Waals surface area (Å²) in [6.45, 7) is 17.8. The van der Waals surface area contributed by atoms with Crippen LogP contribution in [0.3, 0.4) is 0 Å². The second-order valence-electron chi connectivity index (χ2n) is 13.2. The number of furan rings is 1. The molecule has 0 saturated carbocycles. The van der Waals surface area contributed by atoms with E-state index in [9.17, 15) is 23.7 Å². The molecule has 5 nitrogen and oxygen atoms in total. The van der Waals surface area contributed by atoms with Crippen molar-refractivity contribution in [2.45, 2.75) is 13.1 Å². The molecule has 0 amide bonds. The molecule has 7 aromatic rings. The van der Waals surface area contributed by atoms with Gasteiger partial charge in [0.05, 0.1) is 30.8 Å². The Balaban J connectivity index is 1.22. The van der Waals surface area contributed by atoms with Crippen LogP contribution in [0.25, 0.3) is 87.3 Å². The molecular formula is C46H21F3N4O. The van der Waals surface area contributed by atoms with Crippen LogP contribution in [0.4, 0.5) is 13.2 Å². The minimum absolute atomic E-state index is 0.0238. The summed E-state index contributed by atoms with van der Waals surface area (Å²) in [5.41, 5.74) is 11.6. The Hall–Kier alpha value is -7.65. The summed E-state index contributed by atoms with van der Waals surface area (Å²) in [6.07, 6.45) is -4.46. The minimum atomic E-state index is -4.46. The van der Waals surface area contributed by atoms with Gasteiger partial charge in [-0.15, -0.1) is 0 Å². The van der Waals surface area contributed by atoms with E-state index in [2.05, 4.69) is 15.8 Å². The van der Waals surface area contributed by atoms with Gasteiger partial charge in [0.1, 0.15) is 11.2 Å². The summed E-state index contributed by atoms with van der Waals surface area (Å²) < 4.78 is 46.3. The van der Waals surface area contributed by atoms with Gasteiger partial charge in [-0.2, -0.15) is 13.2 Å². The molecule has 0 saturated heterocycles. The van der Waals surface area contributed by atoms with Crippen LogP contribution in [0.2, 0.25) is 0 Å². The van der Waals surface area contributed by atoms with E-state index in [1.54, 1.807) is 6.07 Å². The van der Waals surface area contributed by atoms with Crippen LogP contribution in [-0.2, 0) is 6.18 Å². The number of hydrogen-bond acceptors (Lipinski definition) is 3. The summed E-state index contributed by atoms with van der Waals surface area (Å²) in [4.78, 5) is 7.19. The van der Waals surface area contributed by atoms with Crippen LogP contribution in [0, 0.1) is 42.7 Å². The first-order valence-corrected chi connectivity index (χ1v) is 16.7. The maximum absolute atomic E-state index is 13.3. The van der Waals surface area contributed by atoms with E-state index in [1.165, 1.54) is 12.1 Å². The van der Waals surface area contributed by atoms with E-state index in [4.69, 9.17) is 17.6 Å². The normalized spacial score (nSPS) is 14.3. The second kappa shape index (κ2) is 11.7. The Labute approximate surface area is 307 Å². The van der Waals surface area contributed by atoms with Gasteiger partial charge in [0.2, 0.25) is 0 Å². The van der Waals surface area contributed by atoms with E-state index in [0.29, 0.717) is 44.6 Å². The molecule has 6 aromatic carbocycles. The van der Waals surface area contributed by atoms with Crippen molar-refractivity contribution in [3.8, 4) is 56.6 Å². The van der Waals surface area contributed by atoms with Crippen molar-refractivity contribution in [2.24, 2.45) is 0 Å². The van der Waals surface area contributed by atoms with Crippen molar-refractivity contribution in [2.75, 3.05) is 0 Å². The van der Waals surface area contributed by atoms with Gasteiger partial charge in [-0.05, 0) is 122 Å². The predicted molar refractivity (Wildman–Crippen MR) is 202 cm³/mol. The van der Waals surface area contributed by atoms with Gasteiger partial charge in [0, 0.05) is 21.9 Å². The number of rotatable bonds is 2. The molecule has 1 heterocycles. The van der Waals surface area contributed by atoms with Crippen LogP contribution in [-0.4, -0.2) is 0 Å². The molecule has 0 spiro atoms. The SMILES string of the molecule is [C-]#[N+]/C(C#N)=C1/c2cc(-c3ccc(C(F)(F)F)cc3)ccc2-c2cc3oc4cc5c(cc4c3cc21)/C(=C(\C#N)[N+]#[C-])c1cc(-c2ccc(C)cc2)ccc1-5. The Morgan fingerprint density at radius 1 is 0.537 bits per heavy atom. The molecule has 0 unspecified atom stereocenters. The van der Waals surface area contributed by atoms with Gasteiger partial charge in [-0.3, -0.25) is 0 Å². The molecule has 0 atom stereocenters. The lowest BCUT2D eigenvalue weighted by molar-refractivity contribution is -0.137. The van der Waals surface area contributed by atoms with Crippen LogP contribution < -0.4 is 0 Å². The highest BCUT2D eigenvalue weighted by molar-refractivity contribution is 6.16. The Bertz CT molecular complexity index is 3030. The molecule has 2 aliphatic carbocycles. The summed E-state index contributed by atoms with van der Waals surface area (Å²) in [6, 6.07) is 36.4. The third-order valence-corrected chi connectivity index (χ3v) is 10.3. The van der Waals surface area contributed by atoms with Crippen LogP contribution >= 0.6 is 0 Å². The number of allylic oxidation sites excluding steroid dienone is 2. The monoisotopic (exact) mass is 702 g/mol. The number of benzene rings is 6. The first kappa shape index (κ1) is 32.3. The van der Waals surface area contributed by atoms with Crippen LogP contribution in [0.15, 0.2) is 125 Å². The van der Waals surface area contributed by atoms with Gasteiger partial charge < -0.3 is 4.42 Å². The molecule has 0 radical (unpaired) electrons. The number of nitrogens with zero attached hydrogens (tertiary/aromatic N) is 4. The molecule has 252 valence electrons. The average Bonchev–Trinajstić information content (AvgIpc) is 3.80. The van der Waals surface area contributed by atoms with Gasteiger partial charge in [0.25, 0.3) is 11.4 Å². The van der Waals surface area contributed by atoms with Gasteiger partial charge in [-0.25, -0.2) is 20.2 Å². The summed E-state index contributed by atoms with van der Waals surface area (Å²) in [5.74, 6) is 0. The molecule has 54 heavy (non-hydrogen) atoms. The maximum atomic E-state index is 13.3. The predicted octanol–water partition coefficient (Wildman–Crippen LogP) is 12.6. The van der Waals surface area contributed by atoms with Crippen LogP contribution in [0.1, 0.15) is 33.4 Å². The molecule has 0 N–H and O–H groups in total. The minimum Gasteiger partial charge on any atom is -0.456 e. The molecule has 0 bridgehead atoms. The van der Waals surface area contributed by atoms with Crippen molar-refractivity contribution < 1.29 is 17.6 Å². The summed E-state index contributed by atoms with van der Waals surface area (Å²) in [7, 11) is 0. The average molecular weight is 703 g/mol. The summed E-state index contributed by atoms with van der Waals surface area (Å²) >= 11 is 0. The van der Waals surface area contributed by atoms with Crippen molar-refractivity contribution in [1.29, 1.82) is 10.5 Å². The zero-order chi connectivity index (χ0) is 37.5. The van der Waals surface area contributed by atoms with Gasteiger partial charge >= 0.3 is 6.18 Å². The first-order valence-electron chi connectivity index (χ1n) is 16.7. The zero-order valence-corrected chi connectivity index (χ0v) is 28.2. The molecule has 8 heteroatoms. The number of fused-ring (bicyclic) bond motifs is 9. The Kier molecular flexibility index (Phi) is 6.99. The lowest BCUT2D eigenvalue weighted by Gasteiger charge is -2.10. The van der Waals surface area contributed by atoms with Gasteiger partial charge in [-0.1, -0.05) is 66.2 Å². The Morgan fingerprint density at radius 3 is 1.35 bits per heavy atom. The maximum Gasteiger partial charge on any atom is 0.416 e. The van der Waals surface area contributed by atoms with Crippen molar-refractivity contribution in [1.82, 2.24) is 0 Å². The van der Waals surface area contributed by atoms with Crippen LogP contribution in [0.5, 0.6) is 0 Å². The number of nitriles is 2. The fourth-order valence-corrected chi connectivity index (χ4v) is 7.73. The molecule has 9 rings (SSSR count). The lowest BCUT2D eigenvalue weighted by atomic mass is 9.96. The van der Waals surface area contributed by atoms with Gasteiger partial charge in [0.15, 0.2) is 0 Å². The zero-order valence-electron chi connectivity index (χ0n) is 28.2. The smallest absolute Gasteiger partial charge is 0.416 e. The highest BCUT2D eigenvalue weighted by atomic mass is 19.4. The largest absolute Gasteiger partial charge is 0.456 e. The molecule has 0 fully saturated rings.